The minimum absolute atomic E-state index is 0.517. The molecule has 6 aromatic carbocycles. The molecule has 1 aromatic heterocycles. The van der Waals surface area contributed by atoms with Crippen molar-refractivity contribution in [2.75, 3.05) is 0 Å². The van der Waals surface area contributed by atoms with Crippen LogP contribution in [0.4, 0.5) is 105 Å². The van der Waals surface area contributed by atoms with Crippen LogP contribution >= 0.6 is 0 Å². The third-order valence-electron chi connectivity index (χ3n) is 12.2. The molecule has 7 aromatic rings. The Morgan fingerprint density at radius 1 is 0.325 bits per heavy atom. The summed E-state index contributed by atoms with van der Waals surface area (Å²) in [6, 6.07) is 15.0. The van der Waals surface area contributed by atoms with Gasteiger partial charge in [-0.3, -0.25) is 0 Å². The first kappa shape index (κ1) is 59.4. The number of halogens is 24. The zero-order chi connectivity index (χ0) is 57.9. The van der Waals surface area contributed by atoms with E-state index in [1.54, 1.807) is 0 Å². The third kappa shape index (κ3) is 13.3. The van der Waals surface area contributed by atoms with Gasteiger partial charge < -0.3 is 0 Å². The van der Waals surface area contributed by atoms with Crippen LogP contribution in [0.25, 0.3) is 10.9 Å². The Morgan fingerprint density at radius 3 is 0.844 bits per heavy atom. The number of hydrogen-bond acceptors (Lipinski definition) is 0. The second kappa shape index (κ2) is 20.5. The minimum Gasteiger partial charge on any atom is -0.194 e. The van der Waals surface area contributed by atoms with Gasteiger partial charge in [-0.2, -0.15) is 132 Å². The molecule has 0 atom stereocenters. The van der Waals surface area contributed by atoms with Gasteiger partial charge in [0, 0.05) is 29.0 Å². The van der Waals surface area contributed by atoms with Gasteiger partial charge in [-0.1, -0.05) is 105 Å². The summed E-state index contributed by atoms with van der Waals surface area (Å²) in [5, 5.41) is 1.30. The standard InChI is InChI=1S/C32H12BF24.C19H20N/c34-25(35,36)13-1-14(26(37,38)39)6-21(5-13)33(22-7-15(27(40,41)42)2-16(8-22)28(43,44)45,23-9-17(29(46,47)48)3-18(10-23)30(49,50)51)24-11-19(31(52,53)54)4-20(12-24)32(55,56)57;1-15(2)18-13-12-17-10-6-7-11-19(17)20(18)14-16-8-4-3-5-9-16/h1-12H;3-13,15H,14H2,1-2H3/q-1;+1. The second-order valence-electron chi connectivity index (χ2n) is 17.8. The van der Waals surface area contributed by atoms with Gasteiger partial charge >= 0.3 is 49.4 Å². The molecular weight excluding hydrogens is 1090 g/mol. The zero-order valence-corrected chi connectivity index (χ0v) is 38.7. The molecule has 0 bridgehead atoms. The molecule has 0 aliphatic heterocycles. The lowest BCUT2D eigenvalue weighted by Gasteiger charge is -2.46. The van der Waals surface area contributed by atoms with Crippen molar-refractivity contribution in [3.05, 3.63) is 195 Å². The molecule has 0 N–H and O–H groups in total. The number of pyridine rings is 1. The highest BCUT2D eigenvalue weighted by molar-refractivity contribution is 7.20. The van der Waals surface area contributed by atoms with Crippen LogP contribution in [0.1, 0.15) is 75.5 Å². The Morgan fingerprint density at radius 2 is 0.584 bits per heavy atom. The molecule has 1 heterocycles. The van der Waals surface area contributed by atoms with Gasteiger partial charge in [0.1, 0.15) is 6.15 Å². The van der Waals surface area contributed by atoms with Gasteiger partial charge in [0.05, 0.1) is 44.5 Å². The molecule has 0 aliphatic rings. The van der Waals surface area contributed by atoms with Crippen LogP contribution in [0.15, 0.2) is 140 Å². The Bertz CT molecular complexity index is 2810. The van der Waals surface area contributed by atoms with Gasteiger partial charge in [-0.25, -0.2) is 0 Å². The summed E-state index contributed by atoms with van der Waals surface area (Å²) in [4.78, 5) is 0. The number of alkyl halides is 24. The number of benzene rings is 6. The highest BCUT2D eigenvalue weighted by Gasteiger charge is 2.47. The van der Waals surface area contributed by atoms with Crippen molar-refractivity contribution in [2.24, 2.45) is 0 Å². The first-order chi connectivity index (χ1) is 35.0. The first-order valence-corrected chi connectivity index (χ1v) is 21.8. The number of hydrogen-bond donors (Lipinski definition) is 0. The molecule has 412 valence electrons. The molecule has 0 radical (unpaired) electrons. The lowest BCUT2D eigenvalue weighted by atomic mass is 9.12. The number of para-hydroxylation sites is 1. The lowest BCUT2D eigenvalue weighted by molar-refractivity contribution is -0.671. The molecule has 26 heteroatoms. The van der Waals surface area contributed by atoms with Crippen LogP contribution in [-0.2, 0) is 56.0 Å². The van der Waals surface area contributed by atoms with E-state index in [9.17, 15) is 105 Å². The number of fused-ring (bicyclic) bond motifs is 1. The maximum Gasteiger partial charge on any atom is 0.416 e. The van der Waals surface area contributed by atoms with Crippen molar-refractivity contribution < 1.29 is 110 Å². The highest BCUT2D eigenvalue weighted by atomic mass is 19.4. The molecule has 0 saturated heterocycles. The summed E-state index contributed by atoms with van der Waals surface area (Å²) in [6.45, 7) is 5.44. The van der Waals surface area contributed by atoms with E-state index < -0.39 is 195 Å². The maximum atomic E-state index is 14.2. The van der Waals surface area contributed by atoms with Gasteiger partial charge in [-0.05, 0) is 36.4 Å². The van der Waals surface area contributed by atoms with E-state index in [0.717, 1.165) is 6.54 Å². The average Bonchev–Trinajstić information content (AvgIpc) is 3.30. The highest BCUT2D eigenvalue weighted by Crippen LogP contribution is 2.41. The van der Waals surface area contributed by atoms with Crippen LogP contribution in [0, 0.1) is 0 Å². The SMILES string of the molecule is CC(C)c1ccc2ccccc2[n+]1Cc1ccccc1.FC(F)(F)c1cc([B-](c2cc(C(F)(F)F)cc(C(F)(F)F)c2)(c2cc(C(F)(F)F)cc(C(F)(F)F)c2)c2cc(C(F)(F)F)cc(C(F)(F)F)c2)cc(C(F)(F)F)c1. The third-order valence-corrected chi connectivity index (χ3v) is 12.2. The van der Waals surface area contributed by atoms with Gasteiger partial charge in [-0.15, -0.1) is 0 Å². The number of rotatable bonds is 7. The van der Waals surface area contributed by atoms with E-state index in [1.807, 2.05) is 0 Å². The average molecular weight is 1130 g/mol. The minimum atomic E-state index is -6.13. The summed E-state index contributed by atoms with van der Waals surface area (Å²) < 4.78 is 343. The molecular formula is C51H32BF24N. The topological polar surface area (TPSA) is 3.88 Å². The largest absolute Gasteiger partial charge is 0.416 e. The van der Waals surface area contributed by atoms with E-state index in [-0.39, 0.29) is 0 Å². The molecule has 0 fully saturated rings. The molecule has 0 unspecified atom stereocenters. The first-order valence-electron chi connectivity index (χ1n) is 21.8. The molecule has 1 nitrogen and oxygen atoms in total. The Kier molecular flexibility index (Phi) is 15.8. The smallest absolute Gasteiger partial charge is 0.194 e. The van der Waals surface area contributed by atoms with Crippen molar-refractivity contribution in [1.82, 2.24) is 0 Å². The fraction of sp³-hybridized carbons (Fsp3) is 0.235. The lowest BCUT2D eigenvalue weighted by Crippen LogP contribution is -2.75. The van der Waals surface area contributed by atoms with Gasteiger partial charge in [0.15, 0.2) is 12.2 Å². The molecule has 0 amide bonds. The van der Waals surface area contributed by atoms with E-state index in [1.165, 1.54) is 22.2 Å². The number of nitrogens with zero attached hydrogens (tertiary/aromatic N) is 1. The Hall–Kier alpha value is -6.89. The van der Waals surface area contributed by atoms with Crippen molar-refractivity contribution in [1.29, 1.82) is 0 Å². The van der Waals surface area contributed by atoms with E-state index >= 15 is 0 Å². The van der Waals surface area contributed by atoms with E-state index in [2.05, 4.69) is 85.1 Å². The fourth-order valence-corrected chi connectivity index (χ4v) is 8.80. The summed E-state index contributed by atoms with van der Waals surface area (Å²) in [7, 11) is 0. The Balaban J connectivity index is 0.000000397. The zero-order valence-electron chi connectivity index (χ0n) is 38.7. The predicted octanol–water partition coefficient (Wildman–Crippen LogP) is 15.5. The molecule has 7 rings (SSSR count). The van der Waals surface area contributed by atoms with Crippen LogP contribution in [0.3, 0.4) is 0 Å². The number of aromatic nitrogens is 1. The van der Waals surface area contributed by atoms with Crippen LogP contribution in [0.5, 0.6) is 0 Å². The summed E-state index contributed by atoms with van der Waals surface area (Å²) in [5.74, 6) is 0.517. The van der Waals surface area contributed by atoms with Crippen molar-refractivity contribution in [2.45, 2.75) is 75.7 Å². The fourth-order valence-electron chi connectivity index (χ4n) is 8.80. The summed E-state index contributed by atoms with van der Waals surface area (Å²) in [6.07, 6.45) is -54.8. The van der Waals surface area contributed by atoms with Crippen molar-refractivity contribution in [3.63, 3.8) is 0 Å². The maximum absolute atomic E-state index is 14.2. The van der Waals surface area contributed by atoms with Crippen LogP contribution < -0.4 is 26.4 Å². The van der Waals surface area contributed by atoms with Crippen LogP contribution in [0.2, 0.25) is 0 Å². The molecule has 0 saturated carbocycles. The van der Waals surface area contributed by atoms with Crippen LogP contribution in [-0.4, -0.2) is 6.15 Å². The quantitative estimate of drug-likeness (QED) is 0.0851. The van der Waals surface area contributed by atoms with Crippen molar-refractivity contribution >= 4 is 38.9 Å². The molecule has 0 spiro atoms. The predicted molar refractivity (Wildman–Crippen MR) is 234 cm³/mol. The molecule has 77 heavy (non-hydrogen) atoms. The Labute approximate surface area is 419 Å². The van der Waals surface area contributed by atoms with Gasteiger partial charge in [0.2, 0.25) is 5.52 Å². The summed E-state index contributed by atoms with van der Waals surface area (Å²) in [5.41, 5.74) is -26.2. The monoisotopic (exact) mass is 1130 g/mol. The second-order valence-corrected chi connectivity index (χ2v) is 17.8. The van der Waals surface area contributed by atoms with E-state index in [0.29, 0.717) is 5.92 Å². The van der Waals surface area contributed by atoms with Crippen molar-refractivity contribution in [3.8, 4) is 0 Å². The molecule has 0 aliphatic carbocycles. The summed E-state index contributed by atoms with van der Waals surface area (Å²) >= 11 is 0. The van der Waals surface area contributed by atoms with E-state index in [4.69, 9.17) is 0 Å². The van der Waals surface area contributed by atoms with Gasteiger partial charge in [0.25, 0.3) is 0 Å². The normalized spacial score (nSPS) is 13.5.